The van der Waals surface area contributed by atoms with E-state index in [9.17, 15) is 9.59 Å². The van der Waals surface area contributed by atoms with E-state index in [1.54, 1.807) is 0 Å². The second-order valence-electron chi connectivity index (χ2n) is 8.81. The Balaban J connectivity index is 1.89. The van der Waals surface area contributed by atoms with E-state index in [2.05, 4.69) is 50.6 Å². The predicted octanol–water partition coefficient (Wildman–Crippen LogP) is 2.11. The summed E-state index contributed by atoms with van der Waals surface area (Å²) in [5.74, 6) is -0.503. The van der Waals surface area contributed by atoms with Crippen molar-refractivity contribution < 1.29 is 9.59 Å². The van der Waals surface area contributed by atoms with E-state index in [4.69, 9.17) is 0 Å². The van der Waals surface area contributed by atoms with Crippen LogP contribution < -0.4 is 16.0 Å². The molecule has 1 heterocycles. The number of carbonyl (C=O) groups is 2. The minimum absolute atomic E-state index is 0.0308. The topological polar surface area (TPSA) is 70.2 Å². The van der Waals surface area contributed by atoms with E-state index in [-0.39, 0.29) is 23.2 Å². The molecule has 0 aromatic rings. The Morgan fingerprint density at radius 1 is 0.913 bits per heavy atom. The van der Waals surface area contributed by atoms with E-state index < -0.39 is 11.8 Å². The molecule has 1 aliphatic heterocycles. The lowest BCUT2D eigenvalue weighted by Gasteiger charge is -2.46. The summed E-state index contributed by atoms with van der Waals surface area (Å²) in [5, 5.41) is 9.46. The third-order valence-electron chi connectivity index (χ3n) is 5.16. The fourth-order valence-corrected chi connectivity index (χ4v) is 4.44. The molecule has 5 heteroatoms. The van der Waals surface area contributed by atoms with Crippen LogP contribution in [0.4, 0.5) is 0 Å². The molecule has 1 saturated heterocycles. The highest BCUT2D eigenvalue weighted by atomic mass is 16.2. The Kier molecular flexibility index (Phi) is 5.39. The van der Waals surface area contributed by atoms with Crippen LogP contribution in [-0.2, 0) is 9.59 Å². The zero-order valence-corrected chi connectivity index (χ0v) is 15.3. The number of rotatable bonds is 2. The van der Waals surface area contributed by atoms with E-state index in [1.807, 2.05) is 0 Å². The lowest BCUT2D eigenvalue weighted by Crippen LogP contribution is -2.63. The highest BCUT2D eigenvalue weighted by Gasteiger charge is 2.38. The van der Waals surface area contributed by atoms with Crippen LogP contribution in [0.5, 0.6) is 0 Å². The summed E-state index contributed by atoms with van der Waals surface area (Å²) in [6.45, 7) is 10.7. The van der Waals surface area contributed by atoms with Gasteiger partial charge in [-0.2, -0.15) is 0 Å². The smallest absolute Gasteiger partial charge is 0.309 e. The van der Waals surface area contributed by atoms with Crippen LogP contribution in [0.1, 0.15) is 73.1 Å². The molecule has 2 amide bonds. The zero-order chi connectivity index (χ0) is 17.3. The van der Waals surface area contributed by atoms with Crippen LogP contribution in [0.25, 0.3) is 0 Å². The van der Waals surface area contributed by atoms with Gasteiger partial charge in [0, 0.05) is 23.2 Å². The molecule has 2 aliphatic rings. The summed E-state index contributed by atoms with van der Waals surface area (Å²) in [4.78, 5) is 24.5. The van der Waals surface area contributed by atoms with Crippen molar-refractivity contribution in [3.8, 4) is 0 Å². The van der Waals surface area contributed by atoms with Gasteiger partial charge in [-0.05, 0) is 59.3 Å². The van der Waals surface area contributed by atoms with E-state index in [0.717, 1.165) is 32.1 Å². The molecule has 0 spiro atoms. The standard InChI is InChI=1S/C18H33N3O2/c1-12-8-6-7-9-14(12)20-16(23)15(22)19-13-10-17(2,3)21-18(4,5)11-13/h12-14,21H,6-11H2,1-5H3,(H,19,22)(H,20,23)/t12-,14+/m1/s1. The summed E-state index contributed by atoms with van der Waals surface area (Å²) < 4.78 is 0. The van der Waals surface area contributed by atoms with E-state index >= 15 is 0 Å². The van der Waals surface area contributed by atoms with Gasteiger partial charge in [0.25, 0.3) is 0 Å². The first-order valence-electron chi connectivity index (χ1n) is 8.99. The zero-order valence-electron chi connectivity index (χ0n) is 15.3. The minimum atomic E-state index is -0.485. The summed E-state index contributed by atoms with van der Waals surface area (Å²) in [5.41, 5.74) is -0.0951. The Hall–Kier alpha value is -1.10. The Labute approximate surface area is 140 Å². The van der Waals surface area contributed by atoms with Crippen molar-refractivity contribution in [3.05, 3.63) is 0 Å². The van der Waals surface area contributed by atoms with Crippen LogP contribution in [0.3, 0.4) is 0 Å². The lowest BCUT2D eigenvalue weighted by molar-refractivity contribution is -0.140. The van der Waals surface area contributed by atoms with E-state index in [0.29, 0.717) is 5.92 Å². The number of piperidine rings is 1. The molecule has 0 bridgehead atoms. The van der Waals surface area contributed by atoms with Crippen molar-refractivity contribution in [1.29, 1.82) is 0 Å². The lowest BCUT2D eigenvalue weighted by atomic mass is 9.79. The van der Waals surface area contributed by atoms with Gasteiger partial charge in [-0.25, -0.2) is 0 Å². The van der Waals surface area contributed by atoms with Crippen molar-refractivity contribution in [2.75, 3.05) is 0 Å². The summed E-state index contributed by atoms with van der Waals surface area (Å²) in [7, 11) is 0. The molecule has 5 nitrogen and oxygen atoms in total. The predicted molar refractivity (Wildman–Crippen MR) is 92.0 cm³/mol. The third-order valence-corrected chi connectivity index (χ3v) is 5.16. The molecule has 0 unspecified atom stereocenters. The Morgan fingerprint density at radius 3 is 2.00 bits per heavy atom. The first-order valence-corrected chi connectivity index (χ1v) is 8.99. The molecule has 3 N–H and O–H groups in total. The fraction of sp³-hybridized carbons (Fsp3) is 0.889. The van der Waals surface area contributed by atoms with Gasteiger partial charge in [0.2, 0.25) is 0 Å². The van der Waals surface area contributed by atoms with Crippen LogP contribution in [0.15, 0.2) is 0 Å². The monoisotopic (exact) mass is 323 g/mol. The first-order chi connectivity index (χ1) is 10.6. The van der Waals surface area contributed by atoms with Crippen molar-refractivity contribution in [2.45, 2.75) is 96.3 Å². The third kappa shape index (κ3) is 5.20. The molecule has 1 aliphatic carbocycles. The number of amides is 2. The van der Waals surface area contributed by atoms with Gasteiger partial charge in [0.05, 0.1) is 0 Å². The van der Waals surface area contributed by atoms with Crippen LogP contribution >= 0.6 is 0 Å². The highest BCUT2D eigenvalue weighted by molar-refractivity contribution is 6.35. The quantitative estimate of drug-likeness (QED) is 0.682. The van der Waals surface area contributed by atoms with Gasteiger partial charge < -0.3 is 16.0 Å². The molecule has 2 atom stereocenters. The number of hydrogen-bond acceptors (Lipinski definition) is 3. The van der Waals surface area contributed by atoms with E-state index in [1.165, 1.54) is 6.42 Å². The maximum Gasteiger partial charge on any atom is 0.309 e. The minimum Gasteiger partial charge on any atom is -0.345 e. The molecule has 2 rings (SSSR count). The van der Waals surface area contributed by atoms with Gasteiger partial charge in [0.15, 0.2) is 0 Å². The highest BCUT2D eigenvalue weighted by Crippen LogP contribution is 2.28. The molecule has 2 fully saturated rings. The van der Waals surface area contributed by atoms with Gasteiger partial charge in [-0.1, -0.05) is 19.8 Å². The second kappa shape index (κ2) is 6.80. The summed E-state index contributed by atoms with van der Waals surface area (Å²) in [6.07, 6.45) is 6.12. The van der Waals surface area contributed by atoms with Crippen molar-refractivity contribution in [1.82, 2.24) is 16.0 Å². The number of carbonyl (C=O) groups excluding carboxylic acids is 2. The average Bonchev–Trinajstić information content (AvgIpc) is 2.37. The van der Waals surface area contributed by atoms with Crippen LogP contribution in [0, 0.1) is 5.92 Å². The largest absolute Gasteiger partial charge is 0.345 e. The Bertz CT molecular complexity index is 443. The maximum atomic E-state index is 12.3. The van der Waals surface area contributed by atoms with Gasteiger partial charge in [-0.15, -0.1) is 0 Å². The first kappa shape index (κ1) is 18.2. The SMILES string of the molecule is C[C@@H]1CCCC[C@@H]1NC(=O)C(=O)NC1CC(C)(C)NC(C)(C)C1. The molecule has 1 saturated carbocycles. The van der Waals surface area contributed by atoms with Gasteiger partial charge in [-0.3, -0.25) is 9.59 Å². The molecular weight excluding hydrogens is 290 g/mol. The maximum absolute atomic E-state index is 12.3. The second-order valence-corrected chi connectivity index (χ2v) is 8.81. The molecule has 0 radical (unpaired) electrons. The molecule has 132 valence electrons. The normalized spacial score (nSPS) is 30.5. The molecular formula is C18H33N3O2. The van der Waals surface area contributed by atoms with Crippen LogP contribution in [-0.4, -0.2) is 35.0 Å². The fourth-order valence-electron chi connectivity index (χ4n) is 4.44. The van der Waals surface area contributed by atoms with Crippen molar-refractivity contribution in [3.63, 3.8) is 0 Å². The van der Waals surface area contributed by atoms with Gasteiger partial charge in [0.1, 0.15) is 0 Å². The molecule has 0 aromatic carbocycles. The molecule has 0 aromatic heterocycles. The molecule has 23 heavy (non-hydrogen) atoms. The number of hydrogen-bond donors (Lipinski definition) is 3. The summed E-state index contributed by atoms with van der Waals surface area (Å²) in [6, 6.07) is 0.172. The summed E-state index contributed by atoms with van der Waals surface area (Å²) >= 11 is 0. The Morgan fingerprint density at radius 2 is 1.43 bits per heavy atom. The average molecular weight is 323 g/mol. The van der Waals surface area contributed by atoms with Crippen LogP contribution in [0.2, 0.25) is 0 Å². The van der Waals surface area contributed by atoms with Crippen molar-refractivity contribution in [2.24, 2.45) is 5.92 Å². The van der Waals surface area contributed by atoms with Gasteiger partial charge >= 0.3 is 11.8 Å². The van der Waals surface area contributed by atoms with Crippen molar-refractivity contribution >= 4 is 11.8 Å². The number of nitrogens with one attached hydrogen (secondary N) is 3.